The van der Waals surface area contributed by atoms with Crippen molar-refractivity contribution < 1.29 is 9.53 Å². The van der Waals surface area contributed by atoms with Crippen molar-refractivity contribution in [1.29, 1.82) is 0 Å². The smallest absolute Gasteiger partial charge is 0.355 e. The molecule has 0 fully saturated rings. The first kappa shape index (κ1) is 12.2. The third-order valence-electron chi connectivity index (χ3n) is 3.28. The van der Waals surface area contributed by atoms with E-state index in [2.05, 4.69) is 4.98 Å². The van der Waals surface area contributed by atoms with E-state index in [0.29, 0.717) is 18.8 Å². The third kappa shape index (κ3) is 2.36. The zero-order valence-electron chi connectivity index (χ0n) is 10.3. The average Bonchev–Trinajstić information content (AvgIpc) is 2.70. The number of carbonyl (C=O) groups is 1. The maximum Gasteiger partial charge on any atom is 0.355 e. The molecule has 1 aromatic heterocycles. The number of hydrogen-bond donors (Lipinski definition) is 2. The van der Waals surface area contributed by atoms with Crippen molar-refractivity contribution in [3.8, 4) is 0 Å². The van der Waals surface area contributed by atoms with E-state index in [4.69, 9.17) is 10.5 Å². The van der Waals surface area contributed by atoms with Crippen LogP contribution in [0.25, 0.3) is 0 Å². The van der Waals surface area contributed by atoms with Gasteiger partial charge in [-0.1, -0.05) is 0 Å². The van der Waals surface area contributed by atoms with E-state index in [1.54, 1.807) is 0 Å². The summed E-state index contributed by atoms with van der Waals surface area (Å²) >= 11 is 0. The summed E-state index contributed by atoms with van der Waals surface area (Å²) < 4.78 is 5.08. The van der Waals surface area contributed by atoms with Crippen LogP contribution >= 0.6 is 0 Å². The number of aromatic amines is 1. The first-order chi connectivity index (χ1) is 8.27. The number of carbonyl (C=O) groups excluding carboxylic acids is 1. The van der Waals surface area contributed by atoms with Crippen molar-refractivity contribution in [2.45, 2.75) is 39.0 Å². The monoisotopic (exact) mass is 236 g/mol. The molecule has 0 amide bonds. The lowest BCUT2D eigenvalue weighted by Gasteiger charge is -2.12. The fourth-order valence-electron chi connectivity index (χ4n) is 2.55. The number of aryl methyl sites for hydroxylation is 1. The maximum atomic E-state index is 11.9. The van der Waals surface area contributed by atoms with E-state index in [1.165, 1.54) is 24.1 Å². The van der Waals surface area contributed by atoms with Crippen LogP contribution in [0.5, 0.6) is 0 Å². The van der Waals surface area contributed by atoms with Gasteiger partial charge in [0.1, 0.15) is 5.69 Å². The van der Waals surface area contributed by atoms with E-state index in [0.717, 1.165) is 24.8 Å². The summed E-state index contributed by atoms with van der Waals surface area (Å²) in [5.74, 6) is -0.245. The van der Waals surface area contributed by atoms with Gasteiger partial charge in [0.15, 0.2) is 0 Å². The summed E-state index contributed by atoms with van der Waals surface area (Å²) in [5.41, 5.74) is 9.86. The second-order valence-electron chi connectivity index (χ2n) is 4.40. The minimum atomic E-state index is -0.245. The Hall–Kier alpha value is -1.29. The molecule has 0 bridgehead atoms. The molecule has 0 saturated heterocycles. The van der Waals surface area contributed by atoms with E-state index >= 15 is 0 Å². The first-order valence-corrected chi connectivity index (χ1v) is 6.37. The summed E-state index contributed by atoms with van der Waals surface area (Å²) in [4.78, 5) is 15.1. The lowest BCUT2D eigenvalue weighted by atomic mass is 9.93. The quantitative estimate of drug-likeness (QED) is 0.780. The SMILES string of the molecule is CCOC(=O)c1[nH]c2c(c1CCN)CCCC2. The Morgan fingerprint density at radius 1 is 1.41 bits per heavy atom. The number of aromatic nitrogens is 1. The second kappa shape index (κ2) is 5.36. The zero-order chi connectivity index (χ0) is 12.3. The molecular weight excluding hydrogens is 216 g/mol. The van der Waals surface area contributed by atoms with Crippen molar-refractivity contribution in [2.24, 2.45) is 5.73 Å². The van der Waals surface area contributed by atoms with Crippen LogP contribution in [0.2, 0.25) is 0 Å². The van der Waals surface area contributed by atoms with Crippen LogP contribution < -0.4 is 5.73 Å². The van der Waals surface area contributed by atoms with Crippen LogP contribution in [0.3, 0.4) is 0 Å². The van der Waals surface area contributed by atoms with Gasteiger partial charge in [0.25, 0.3) is 0 Å². The molecule has 17 heavy (non-hydrogen) atoms. The van der Waals surface area contributed by atoms with Crippen LogP contribution in [0, 0.1) is 0 Å². The number of esters is 1. The third-order valence-corrected chi connectivity index (χ3v) is 3.28. The molecule has 0 atom stereocenters. The molecule has 3 N–H and O–H groups in total. The number of hydrogen-bond acceptors (Lipinski definition) is 3. The topological polar surface area (TPSA) is 68.1 Å². The van der Waals surface area contributed by atoms with Gasteiger partial charge in [0.2, 0.25) is 0 Å². The molecule has 4 heteroatoms. The molecule has 0 unspecified atom stereocenters. The number of nitrogens with one attached hydrogen (secondary N) is 1. The highest BCUT2D eigenvalue weighted by Gasteiger charge is 2.23. The van der Waals surface area contributed by atoms with Gasteiger partial charge in [-0.25, -0.2) is 4.79 Å². The molecule has 1 aliphatic rings. The molecule has 1 heterocycles. The Bertz CT molecular complexity index is 410. The molecule has 4 nitrogen and oxygen atoms in total. The van der Waals surface area contributed by atoms with Gasteiger partial charge in [-0.2, -0.15) is 0 Å². The number of rotatable bonds is 4. The van der Waals surface area contributed by atoms with Crippen molar-refractivity contribution >= 4 is 5.97 Å². The predicted molar refractivity (Wildman–Crippen MR) is 66.1 cm³/mol. The first-order valence-electron chi connectivity index (χ1n) is 6.37. The number of fused-ring (bicyclic) bond motifs is 1. The van der Waals surface area contributed by atoms with Crippen molar-refractivity contribution in [3.63, 3.8) is 0 Å². The Balaban J connectivity index is 2.36. The molecule has 2 rings (SSSR count). The summed E-state index contributed by atoms with van der Waals surface area (Å²) in [6.45, 7) is 2.80. The summed E-state index contributed by atoms with van der Waals surface area (Å²) in [7, 11) is 0. The predicted octanol–water partition coefficient (Wildman–Crippen LogP) is 1.57. The standard InChI is InChI=1S/C13H20N2O2/c1-2-17-13(16)12-10(7-8-14)9-5-3-4-6-11(9)15-12/h15H,2-8,14H2,1H3. The van der Waals surface area contributed by atoms with Crippen molar-refractivity contribution in [2.75, 3.05) is 13.2 Å². The zero-order valence-corrected chi connectivity index (χ0v) is 10.3. The van der Waals surface area contributed by atoms with E-state index in [-0.39, 0.29) is 5.97 Å². The Morgan fingerprint density at radius 3 is 2.88 bits per heavy atom. The minimum absolute atomic E-state index is 0.245. The van der Waals surface area contributed by atoms with E-state index < -0.39 is 0 Å². The van der Waals surface area contributed by atoms with Gasteiger partial charge in [-0.15, -0.1) is 0 Å². The van der Waals surface area contributed by atoms with Crippen LogP contribution in [0.1, 0.15) is 47.1 Å². The molecule has 1 aliphatic carbocycles. The fourth-order valence-corrected chi connectivity index (χ4v) is 2.55. The number of H-pyrrole nitrogens is 1. The van der Waals surface area contributed by atoms with Gasteiger partial charge in [0, 0.05) is 5.69 Å². The summed E-state index contributed by atoms with van der Waals surface area (Å²) in [5, 5.41) is 0. The fraction of sp³-hybridized carbons (Fsp3) is 0.615. The highest BCUT2D eigenvalue weighted by atomic mass is 16.5. The van der Waals surface area contributed by atoms with E-state index in [1.807, 2.05) is 6.92 Å². The van der Waals surface area contributed by atoms with Gasteiger partial charge in [0.05, 0.1) is 6.61 Å². The molecular formula is C13H20N2O2. The summed E-state index contributed by atoms with van der Waals surface area (Å²) in [6, 6.07) is 0. The van der Waals surface area contributed by atoms with Gasteiger partial charge in [-0.05, 0) is 56.7 Å². The number of nitrogens with two attached hydrogens (primary N) is 1. The normalized spacial score (nSPS) is 14.5. The summed E-state index contributed by atoms with van der Waals surface area (Å²) in [6.07, 6.45) is 5.23. The van der Waals surface area contributed by atoms with Crippen LogP contribution in [0.4, 0.5) is 0 Å². The lowest BCUT2D eigenvalue weighted by molar-refractivity contribution is 0.0519. The molecule has 0 aliphatic heterocycles. The van der Waals surface area contributed by atoms with Crippen LogP contribution in [-0.2, 0) is 24.0 Å². The van der Waals surface area contributed by atoms with E-state index in [9.17, 15) is 4.79 Å². The highest BCUT2D eigenvalue weighted by Crippen LogP contribution is 2.27. The second-order valence-corrected chi connectivity index (χ2v) is 4.40. The van der Waals surface area contributed by atoms with Crippen molar-refractivity contribution in [1.82, 2.24) is 4.98 Å². The van der Waals surface area contributed by atoms with Crippen LogP contribution in [-0.4, -0.2) is 24.1 Å². The largest absolute Gasteiger partial charge is 0.461 e. The number of ether oxygens (including phenoxy) is 1. The Labute approximate surface area is 102 Å². The van der Waals surface area contributed by atoms with Gasteiger partial charge in [-0.3, -0.25) is 0 Å². The molecule has 0 spiro atoms. The van der Waals surface area contributed by atoms with Gasteiger partial charge >= 0.3 is 5.97 Å². The average molecular weight is 236 g/mol. The molecule has 94 valence electrons. The van der Waals surface area contributed by atoms with Gasteiger partial charge < -0.3 is 15.5 Å². The van der Waals surface area contributed by atoms with Crippen LogP contribution in [0.15, 0.2) is 0 Å². The Kier molecular flexibility index (Phi) is 3.84. The molecule has 0 radical (unpaired) electrons. The minimum Gasteiger partial charge on any atom is -0.461 e. The Morgan fingerprint density at radius 2 is 2.18 bits per heavy atom. The maximum absolute atomic E-state index is 11.9. The highest BCUT2D eigenvalue weighted by molar-refractivity contribution is 5.90. The molecule has 1 aromatic rings. The molecule has 0 aromatic carbocycles. The lowest BCUT2D eigenvalue weighted by Crippen LogP contribution is -2.12. The van der Waals surface area contributed by atoms with Crippen molar-refractivity contribution in [3.05, 3.63) is 22.5 Å². The molecule has 0 saturated carbocycles.